The summed E-state index contributed by atoms with van der Waals surface area (Å²) < 4.78 is 15.1. The van der Waals surface area contributed by atoms with Gasteiger partial charge in [-0.05, 0) is 34.1 Å². The fourth-order valence-corrected chi connectivity index (χ4v) is 1.61. The van der Waals surface area contributed by atoms with Crippen LogP contribution in [0.25, 0.3) is 5.69 Å². The van der Waals surface area contributed by atoms with Crippen LogP contribution in [0, 0.1) is 28.5 Å². The Hall–Kier alpha value is -2.18. The number of aromatic nitrogens is 2. The summed E-state index contributed by atoms with van der Waals surface area (Å²) >= 11 is 3.04. The molecule has 0 amide bonds. The highest BCUT2D eigenvalue weighted by Crippen LogP contribution is 2.20. The second-order valence-corrected chi connectivity index (χ2v) is 3.99. The van der Waals surface area contributed by atoms with E-state index in [-0.39, 0.29) is 11.4 Å². The second-order valence-electron chi connectivity index (χ2n) is 3.13. The topological polar surface area (TPSA) is 65.4 Å². The predicted molar refractivity (Wildman–Crippen MR) is 60.7 cm³/mol. The van der Waals surface area contributed by atoms with Crippen molar-refractivity contribution in [3.8, 4) is 17.8 Å². The first kappa shape index (κ1) is 11.3. The average molecular weight is 291 g/mol. The summed E-state index contributed by atoms with van der Waals surface area (Å²) in [7, 11) is 0. The van der Waals surface area contributed by atoms with E-state index in [4.69, 9.17) is 10.5 Å². The fraction of sp³-hybridized carbons (Fsp3) is 0. The Morgan fingerprint density at radius 1 is 1.29 bits per heavy atom. The lowest BCUT2D eigenvalue weighted by Crippen LogP contribution is -1.97. The monoisotopic (exact) mass is 290 g/mol. The highest BCUT2D eigenvalue weighted by atomic mass is 79.9. The molecule has 6 heteroatoms. The SMILES string of the molecule is N#Cc1ncn(-c2ccc(Br)c(F)c2)c1C#N. The van der Waals surface area contributed by atoms with Crippen LogP contribution in [0.3, 0.4) is 0 Å². The quantitative estimate of drug-likeness (QED) is 0.810. The van der Waals surface area contributed by atoms with Crippen molar-refractivity contribution >= 4 is 15.9 Å². The highest BCUT2D eigenvalue weighted by molar-refractivity contribution is 9.10. The van der Waals surface area contributed by atoms with Gasteiger partial charge in [-0.15, -0.1) is 0 Å². The third-order valence-electron chi connectivity index (χ3n) is 2.16. The van der Waals surface area contributed by atoms with Gasteiger partial charge in [0.05, 0.1) is 10.2 Å². The number of benzene rings is 1. The van der Waals surface area contributed by atoms with Gasteiger partial charge in [-0.1, -0.05) is 0 Å². The Morgan fingerprint density at radius 3 is 2.65 bits per heavy atom. The summed E-state index contributed by atoms with van der Waals surface area (Å²) in [5.74, 6) is -0.446. The van der Waals surface area contributed by atoms with Gasteiger partial charge in [0.15, 0.2) is 11.4 Å². The predicted octanol–water partition coefficient (Wildman–Crippen LogP) is 2.52. The van der Waals surface area contributed by atoms with Gasteiger partial charge in [-0.2, -0.15) is 10.5 Å². The van der Waals surface area contributed by atoms with Crippen LogP contribution >= 0.6 is 15.9 Å². The maximum atomic E-state index is 13.4. The largest absolute Gasteiger partial charge is 0.289 e. The second kappa shape index (κ2) is 4.36. The lowest BCUT2D eigenvalue weighted by Gasteiger charge is -2.04. The molecule has 0 aliphatic carbocycles. The minimum atomic E-state index is -0.446. The number of nitrogens with zero attached hydrogens (tertiary/aromatic N) is 4. The standard InChI is InChI=1S/C11H4BrFN4/c12-8-2-1-7(3-9(8)13)17-6-16-10(4-14)11(17)5-15/h1-3,6H. The van der Waals surface area contributed by atoms with Gasteiger partial charge in [0, 0.05) is 0 Å². The van der Waals surface area contributed by atoms with Gasteiger partial charge < -0.3 is 0 Å². The van der Waals surface area contributed by atoms with E-state index in [1.54, 1.807) is 12.1 Å². The van der Waals surface area contributed by atoms with E-state index in [1.807, 2.05) is 6.07 Å². The Bertz CT molecular complexity index is 663. The summed E-state index contributed by atoms with van der Waals surface area (Å²) in [5, 5.41) is 17.7. The first-order valence-corrected chi connectivity index (χ1v) is 5.29. The van der Waals surface area contributed by atoms with E-state index in [9.17, 15) is 4.39 Å². The molecule has 4 nitrogen and oxygen atoms in total. The molecule has 0 bridgehead atoms. The Kier molecular flexibility index (Phi) is 2.90. The third kappa shape index (κ3) is 1.91. The van der Waals surface area contributed by atoms with E-state index in [0.717, 1.165) is 0 Å². The minimum absolute atomic E-state index is 0.0239. The number of hydrogen-bond acceptors (Lipinski definition) is 3. The molecule has 0 aliphatic heterocycles. The molecule has 0 radical (unpaired) electrons. The molecule has 1 aromatic heterocycles. The summed E-state index contributed by atoms with van der Waals surface area (Å²) in [6.45, 7) is 0. The van der Waals surface area contributed by atoms with Crippen LogP contribution in [0.1, 0.15) is 11.4 Å². The van der Waals surface area contributed by atoms with Crippen LogP contribution in [-0.4, -0.2) is 9.55 Å². The van der Waals surface area contributed by atoms with Crippen molar-refractivity contribution < 1.29 is 4.39 Å². The smallest absolute Gasteiger partial charge is 0.177 e. The van der Waals surface area contributed by atoms with Gasteiger partial charge >= 0.3 is 0 Å². The zero-order chi connectivity index (χ0) is 12.4. The molecule has 1 aromatic carbocycles. The van der Waals surface area contributed by atoms with Crippen molar-refractivity contribution in [1.82, 2.24) is 9.55 Å². The van der Waals surface area contributed by atoms with Crippen molar-refractivity contribution in [2.45, 2.75) is 0 Å². The highest BCUT2D eigenvalue weighted by Gasteiger charge is 2.12. The summed E-state index contributed by atoms with van der Waals surface area (Å²) in [6.07, 6.45) is 1.32. The molecule has 0 aliphatic rings. The van der Waals surface area contributed by atoms with Crippen LogP contribution in [0.15, 0.2) is 29.0 Å². The van der Waals surface area contributed by atoms with E-state index < -0.39 is 5.82 Å². The van der Waals surface area contributed by atoms with E-state index >= 15 is 0 Å². The Labute approximate surface area is 105 Å². The van der Waals surface area contributed by atoms with E-state index in [1.165, 1.54) is 23.0 Å². The van der Waals surface area contributed by atoms with Crippen LogP contribution in [0.2, 0.25) is 0 Å². The van der Waals surface area contributed by atoms with Crippen molar-refractivity contribution in [2.24, 2.45) is 0 Å². The number of halogens is 2. The molecule has 0 saturated heterocycles. The molecule has 17 heavy (non-hydrogen) atoms. The summed E-state index contributed by atoms with van der Waals surface area (Å²) in [4.78, 5) is 3.78. The number of rotatable bonds is 1. The molecule has 2 rings (SSSR count). The van der Waals surface area contributed by atoms with Crippen molar-refractivity contribution in [3.63, 3.8) is 0 Å². The lowest BCUT2D eigenvalue weighted by molar-refractivity contribution is 0.620. The minimum Gasteiger partial charge on any atom is -0.289 e. The van der Waals surface area contributed by atoms with Gasteiger partial charge in [0.25, 0.3) is 0 Å². The van der Waals surface area contributed by atoms with Crippen molar-refractivity contribution in [2.75, 3.05) is 0 Å². The van der Waals surface area contributed by atoms with Crippen molar-refractivity contribution in [1.29, 1.82) is 10.5 Å². The average Bonchev–Trinajstić information content (AvgIpc) is 2.75. The van der Waals surface area contributed by atoms with E-state index in [2.05, 4.69) is 20.9 Å². The van der Waals surface area contributed by atoms with Gasteiger partial charge in [0.1, 0.15) is 24.3 Å². The first-order chi connectivity index (χ1) is 8.17. The molecule has 82 valence electrons. The molecule has 0 atom stereocenters. The third-order valence-corrected chi connectivity index (χ3v) is 2.80. The normalized spacial score (nSPS) is 9.65. The van der Waals surface area contributed by atoms with Crippen molar-refractivity contribution in [3.05, 3.63) is 46.2 Å². The van der Waals surface area contributed by atoms with Gasteiger partial charge in [0.2, 0.25) is 0 Å². The van der Waals surface area contributed by atoms with Crippen LogP contribution in [-0.2, 0) is 0 Å². The maximum Gasteiger partial charge on any atom is 0.177 e. The summed E-state index contributed by atoms with van der Waals surface area (Å²) in [6, 6.07) is 8.08. The Balaban J connectivity index is 2.62. The molecule has 0 saturated carbocycles. The van der Waals surface area contributed by atoms with Gasteiger partial charge in [-0.25, -0.2) is 9.37 Å². The molecule has 0 fully saturated rings. The van der Waals surface area contributed by atoms with E-state index in [0.29, 0.717) is 10.2 Å². The molecular weight excluding hydrogens is 287 g/mol. The molecule has 2 aromatic rings. The fourth-order valence-electron chi connectivity index (χ4n) is 1.37. The number of imidazole rings is 1. The Morgan fingerprint density at radius 2 is 2.06 bits per heavy atom. The van der Waals surface area contributed by atoms with Crippen LogP contribution in [0.5, 0.6) is 0 Å². The van der Waals surface area contributed by atoms with Crippen LogP contribution < -0.4 is 0 Å². The first-order valence-electron chi connectivity index (χ1n) is 4.50. The molecule has 0 unspecified atom stereocenters. The number of nitriles is 2. The maximum absolute atomic E-state index is 13.4. The molecule has 1 heterocycles. The summed E-state index contributed by atoms with van der Waals surface area (Å²) in [5.41, 5.74) is 0.557. The zero-order valence-corrected chi connectivity index (χ0v) is 9.94. The molecule has 0 N–H and O–H groups in total. The molecule has 0 spiro atoms. The number of hydrogen-bond donors (Lipinski definition) is 0. The molecular formula is C11H4BrFN4. The lowest BCUT2D eigenvalue weighted by atomic mass is 10.3. The van der Waals surface area contributed by atoms with Gasteiger partial charge in [-0.3, -0.25) is 4.57 Å². The zero-order valence-electron chi connectivity index (χ0n) is 8.35. The van der Waals surface area contributed by atoms with Crippen LogP contribution in [0.4, 0.5) is 4.39 Å².